The Kier molecular flexibility index (Phi) is 6.33. The van der Waals surface area contributed by atoms with Crippen LogP contribution in [0.25, 0.3) is 0 Å². The van der Waals surface area contributed by atoms with Crippen LogP contribution in [0.1, 0.15) is 86.0 Å². The normalized spacial score (nSPS) is 42.8. The Morgan fingerprint density at radius 1 is 1.15 bits per heavy atom. The fourth-order valence-electron chi connectivity index (χ4n) is 7.35. The van der Waals surface area contributed by atoms with Crippen molar-refractivity contribution < 1.29 is 0 Å². The summed E-state index contributed by atoms with van der Waals surface area (Å²) in [4.78, 5) is 11.0. The van der Waals surface area contributed by atoms with Crippen LogP contribution in [0.5, 0.6) is 0 Å². The molecule has 0 amide bonds. The zero-order chi connectivity index (χ0) is 19.8. The van der Waals surface area contributed by atoms with Gasteiger partial charge in [-0.25, -0.2) is 0 Å². The van der Waals surface area contributed by atoms with Crippen molar-refractivity contribution in [1.82, 2.24) is 0 Å². The number of hydrogen-bond donors (Lipinski definition) is 0. The minimum absolute atomic E-state index is 0.0538. The van der Waals surface area contributed by atoms with E-state index < -0.39 is 0 Å². The second-order valence-corrected chi connectivity index (χ2v) is 10.0. The molecule has 0 aromatic rings. The van der Waals surface area contributed by atoms with Crippen molar-refractivity contribution in [1.29, 1.82) is 0 Å². The van der Waals surface area contributed by atoms with E-state index in [1.165, 1.54) is 44.1 Å². The third-order valence-corrected chi connectivity index (χ3v) is 8.76. The van der Waals surface area contributed by atoms with E-state index in [-0.39, 0.29) is 6.04 Å². The molecule has 7 unspecified atom stereocenters. The van der Waals surface area contributed by atoms with Gasteiger partial charge in [0.2, 0.25) is 0 Å². The Morgan fingerprint density at radius 2 is 1.89 bits per heavy atom. The molecule has 0 radical (unpaired) electrons. The van der Waals surface area contributed by atoms with Crippen LogP contribution in [0.4, 0.5) is 0 Å². The molecule has 4 aliphatic rings. The van der Waals surface area contributed by atoms with Gasteiger partial charge in [0.15, 0.2) is 0 Å². The van der Waals surface area contributed by atoms with Gasteiger partial charge in [0, 0.05) is 0 Å². The van der Waals surface area contributed by atoms with Gasteiger partial charge in [0.1, 0.15) is 0 Å². The lowest BCUT2D eigenvalue weighted by molar-refractivity contribution is -0.00705. The molecule has 4 rings (SSSR count). The zero-order valence-corrected chi connectivity index (χ0v) is 18.3. The van der Waals surface area contributed by atoms with Crippen LogP contribution in [-0.2, 0) is 0 Å². The molecule has 7 atom stereocenters. The third kappa shape index (κ3) is 3.47. The average Bonchev–Trinajstić information content (AvgIpc) is 3.05. The monoisotopic (exact) mass is 371 g/mol. The van der Waals surface area contributed by atoms with Gasteiger partial charge in [0.25, 0.3) is 0 Å². The Hall–Kier alpha value is -0.920. The summed E-state index contributed by atoms with van der Waals surface area (Å²) >= 11 is 0. The van der Waals surface area contributed by atoms with E-state index >= 15 is 0 Å². The van der Waals surface area contributed by atoms with Gasteiger partial charge in [-0.3, -0.25) is 0 Å². The molecule has 0 aliphatic heterocycles. The van der Waals surface area contributed by atoms with Crippen molar-refractivity contribution in [2.75, 3.05) is 0 Å². The SMILES string of the molecule is C=C(C(C)C)C1CCC2C3CC=C4CC(N=O)CCC4C3CCC12C.CC. The van der Waals surface area contributed by atoms with Crippen molar-refractivity contribution >= 4 is 0 Å². The first-order valence-corrected chi connectivity index (χ1v) is 11.7. The summed E-state index contributed by atoms with van der Waals surface area (Å²) in [6.45, 7) is 15.7. The average molecular weight is 372 g/mol. The number of fused-ring (bicyclic) bond motifs is 5. The molecule has 2 nitrogen and oxygen atoms in total. The Balaban J connectivity index is 0.00000102. The zero-order valence-electron chi connectivity index (χ0n) is 18.3. The van der Waals surface area contributed by atoms with Gasteiger partial charge in [-0.15, -0.1) is 0 Å². The summed E-state index contributed by atoms with van der Waals surface area (Å²) in [6.07, 6.45) is 12.5. The number of hydrogen-bond acceptors (Lipinski definition) is 2. The Bertz CT molecular complexity index is 591. The molecular formula is C25H41NO. The second kappa shape index (κ2) is 8.21. The predicted octanol–water partition coefficient (Wildman–Crippen LogP) is 7.55. The van der Waals surface area contributed by atoms with E-state index in [0.717, 1.165) is 42.4 Å². The fraction of sp³-hybridized carbons (Fsp3) is 0.840. The predicted molar refractivity (Wildman–Crippen MR) is 115 cm³/mol. The van der Waals surface area contributed by atoms with E-state index in [9.17, 15) is 4.91 Å². The van der Waals surface area contributed by atoms with Gasteiger partial charge < -0.3 is 0 Å². The molecule has 0 heterocycles. The largest absolute Gasteiger partial charge is 0.151 e. The van der Waals surface area contributed by atoms with Gasteiger partial charge in [-0.1, -0.05) is 63.6 Å². The highest BCUT2D eigenvalue weighted by Gasteiger charge is 2.56. The van der Waals surface area contributed by atoms with Crippen LogP contribution in [-0.4, -0.2) is 6.04 Å². The van der Waals surface area contributed by atoms with Crippen LogP contribution in [0.15, 0.2) is 29.0 Å². The molecule has 0 saturated heterocycles. The third-order valence-electron chi connectivity index (χ3n) is 8.76. The van der Waals surface area contributed by atoms with Gasteiger partial charge >= 0.3 is 0 Å². The summed E-state index contributed by atoms with van der Waals surface area (Å²) in [5.74, 6) is 4.73. The minimum atomic E-state index is 0.0538. The molecule has 2 heteroatoms. The Labute approximate surface area is 167 Å². The molecule has 27 heavy (non-hydrogen) atoms. The minimum Gasteiger partial charge on any atom is -0.151 e. The lowest BCUT2D eigenvalue weighted by Crippen LogP contribution is -2.46. The molecule has 0 bridgehead atoms. The van der Waals surface area contributed by atoms with Crippen molar-refractivity contribution in [3.63, 3.8) is 0 Å². The Morgan fingerprint density at radius 3 is 2.56 bits per heavy atom. The fourth-order valence-corrected chi connectivity index (χ4v) is 7.35. The van der Waals surface area contributed by atoms with E-state index in [1.54, 1.807) is 5.57 Å². The quantitative estimate of drug-likeness (QED) is 0.372. The highest BCUT2D eigenvalue weighted by Crippen LogP contribution is 2.64. The molecule has 0 aromatic heterocycles. The van der Waals surface area contributed by atoms with Gasteiger partial charge in [0.05, 0.1) is 6.04 Å². The van der Waals surface area contributed by atoms with Crippen molar-refractivity contribution in [2.24, 2.45) is 46.1 Å². The molecule has 0 aromatic carbocycles. The highest BCUT2D eigenvalue weighted by molar-refractivity contribution is 5.22. The van der Waals surface area contributed by atoms with Crippen LogP contribution >= 0.6 is 0 Å². The molecule has 152 valence electrons. The first-order valence-electron chi connectivity index (χ1n) is 11.7. The van der Waals surface area contributed by atoms with E-state index in [1.807, 2.05) is 13.8 Å². The first-order chi connectivity index (χ1) is 13.0. The van der Waals surface area contributed by atoms with Crippen molar-refractivity contribution in [3.05, 3.63) is 28.7 Å². The summed E-state index contributed by atoms with van der Waals surface area (Å²) in [6, 6.07) is 0.0538. The van der Waals surface area contributed by atoms with Crippen LogP contribution < -0.4 is 0 Å². The number of nitrogens with zero attached hydrogens (tertiary/aromatic N) is 1. The van der Waals surface area contributed by atoms with Crippen molar-refractivity contribution in [2.45, 2.75) is 92.0 Å². The lowest BCUT2D eigenvalue weighted by Gasteiger charge is -2.54. The van der Waals surface area contributed by atoms with Crippen LogP contribution in [0.2, 0.25) is 0 Å². The molecule has 0 spiro atoms. The topological polar surface area (TPSA) is 29.4 Å². The van der Waals surface area contributed by atoms with E-state index in [2.05, 4.69) is 38.6 Å². The maximum atomic E-state index is 11.0. The number of nitroso groups, excluding NO2 is 1. The highest BCUT2D eigenvalue weighted by atomic mass is 16.3. The number of allylic oxidation sites excluding steroid dienone is 2. The summed E-state index contributed by atoms with van der Waals surface area (Å²) < 4.78 is 0. The smallest absolute Gasteiger partial charge is 0.0957 e. The maximum absolute atomic E-state index is 11.0. The lowest BCUT2D eigenvalue weighted by atomic mass is 9.51. The molecule has 0 N–H and O–H groups in total. The van der Waals surface area contributed by atoms with E-state index in [4.69, 9.17) is 0 Å². The molecular weight excluding hydrogens is 330 g/mol. The van der Waals surface area contributed by atoms with Gasteiger partial charge in [-0.2, -0.15) is 4.91 Å². The summed E-state index contributed by atoms with van der Waals surface area (Å²) in [5, 5.41) is 3.35. The standard InChI is InChI=1S/C23H35NO.C2H6/c1-14(2)15(3)21-9-10-22-20-7-5-16-13-17(24-25)6-8-18(16)19(20)11-12-23(21,22)4;1-2/h5,14,17-22H,3,6-13H2,1-2,4H3;1-2H3. The maximum Gasteiger partial charge on any atom is 0.0957 e. The number of rotatable bonds is 3. The first kappa shape index (κ1) is 20.8. The summed E-state index contributed by atoms with van der Waals surface area (Å²) in [5.41, 5.74) is 3.57. The second-order valence-electron chi connectivity index (χ2n) is 10.0. The van der Waals surface area contributed by atoms with Crippen LogP contribution in [0, 0.1) is 45.8 Å². The summed E-state index contributed by atoms with van der Waals surface area (Å²) in [7, 11) is 0. The van der Waals surface area contributed by atoms with E-state index in [0.29, 0.717) is 11.3 Å². The van der Waals surface area contributed by atoms with Crippen LogP contribution in [0.3, 0.4) is 0 Å². The molecule has 3 fully saturated rings. The molecule has 3 saturated carbocycles. The van der Waals surface area contributed by atoms with Gasteiger partial charge in [-0.05, 0) is 92.3 Å². The van der Waals surface area contributed by atoms with Crippen molar-refractivity contribution in [3.8, 4) is 0 Å². The molecule has 4 aliphatic carbocycles.